The molecular weight excluding hydrogens is 312 g/mol. The number of amides is 1. The molecule has 0 radical (unpaired) electrons. The zero-order valence-electron chi connectivity index (χ0n) is 14.6. The minimum Gasteiger partial charge on any atom is -0.339 e. The van der Waals surface area contributed by atoms with E-state index in [0.717, 1.165) is 62.1 Å². The monoisotopic (exact) mass is 340 g/mol. The summed E-state index contributed by atoms with van der Waals surface area (Å²) in [5, 5.41) is 7.92. The van der Waals surface area contributed by atoms with E-state index in [1.54, 1.807) is 6.20 Å². The third-order valence-electron chi connectivity index (χ3n) is 5.18. The van der Waals surface area contributed by atoms with Crippen LogP contribution in [0.5, 0.6) is 0 Å². The van der Waals surface area contributed by atoms with E-state index in [0.29, 0.717) is 0 Å². The van der Waals surface area contributed by atoms with Crippen LogP contribution in [0.1, 0.15) is 49.7 Å². The molecule has 2 fully saturated rings. The summed E-state index contributed by atoms with van der Waals surface area (Å²) in [5.74, 6) is 1.65. The summed E-state index contributed by atoms with van der Waals surface area (Å²) in [6, 6.07) is 0. The number of aromatic nitrogens is 2. The quantitative estimate of drug-likeness (QED) is 0.854. The SMILES string of the molecule is Cc1c(C(=O)N2CC[C@@H]3CNC[C@@H]3CC2)cnn1C(C)(C)C.Cl. The Kier molecular flexibility index (Phi) is 5.41. The second-order valence-corrected chi connectivity index (χ2v) is 7.77. The molecule has 0 saturated carbocycles. The maximum atomic E-state index is 12.9. The van der Waals surface area contributed by atoms with Crippen LogP contribution in [0.4, 0.5) is 0 Å². The van der Waals surface area contributed by atoms with E-state index >= 15 is 0 Å². The van der Waals surface area contributed by atoms with Crippen molar-refractivity contribution < 1.29 is 4.79 Å². The Morgan fingerprint density at radius 3 is 2.26 bits per heavy atom. The summed E-state index contributed by atoms with van der Waals surface area (Å²) in [7, 11) is 0. The molecule has 2 atom stereocenters. The lowest BCUT2D eigenvalue weighted by atomic mass is 9.92. The molecule has 6 heteroatoms. The number of carbonyl (C=O) groups excluding carboxylic acids is 1. The van der Waals surface area contributed by atoms with Gasteiger partial charge in [-0.05, 0) is 65.5 Å². The summed E-state index contributed by atoms with van der Waals surface area (Å²) in [6.45, 7) is 12.3. The summed E-state index contributed by atoms with van der Waals surface area (Å²) >= 11 is 0. The number of hydrogen-bond donors (Lipinski definition) is 1. The van der Waals surface area contributed by atoms with Crippen molar-refractivity contribution in [2.75, 3.05) is 26.2 Å². The Morgan fingerprint density at radius 1 is 1.22 bits per heavy atom. The van der Waals surface area contributed by atoms with Gasteiger partial charge in [-0.2, -0.15) is 5.10 Å². The van der Waals surface area contributed by atoms with Crippen molar-refractivity contribution in [2.45, 2.75) is 46.1 Å². The number of nitrogens with zero attached hydrogens (tertiary/aromatic N) is 3. The Hall–Kier alpha value is -1.07. The maximum Gasteiger partial charge on any atom is 0.257 e. The molecule has 1 amide bonds. The van der Waals surface area contributed by atoms with Gasteiger partial charge in [-0.1, -0.05) is 0 Å². The summed E-state index contributed by atoms with van der Waals surface area (Å²) < 4.78 is 1.96. The Labute approximate surface area is 145 Å². The van der Waals surface area contributed by atoms with Crippen molar-refractivity contribution in [1.82, 2.24) is 20.0 Å². The first kappa shape index (κ1) is 18.3. The van der Waals surface area contributed by atoms with Crippen LogP contribution in [0.3, 0.4) is 0 Å². The summed E-state index contributed by atoms with van der Waals surface area (Å²) in [6.07, 6.45) is 3.99. The van der Waals surface area contributed by atoms with Crippen molar-refractivity contribution in [2.24, 2.45) is 11.8 Å². The number of carbonyl (C=O) groups is 1. The van der Waals surface area contributed by atoms with E-state index in [-0.39, 0.29) is 23.9 Å². The van der Waals surface area contributed by atoms with Gasteiger partial charge in [0.25, 0.3) is 5.91 Å². The van der Waals surface area contributed by atoms with Crippen LogP contribution in [0.25, 0.3) is 0 Å². The van der Waals surface area contributed by atoms with Crippen LogP contribution in [0.15, 0.2) is 6.20 Å². The highest BCUT2D eigenvalue weighted by Gasteiger charge is 2.32. The van der Waals surface area contributed by atoms with Crippen LogP contribution in [-0.4, -0.2) is 46.8 Å². The van der Waals surface area contributed by atoms with Gasteiger partial charge in [0.2, 0.25) is 0 Å². The molecule has 2 saturated heterocycles. The first-order valence-corrected chi connectivity index (χ1v) is 8.43. The topological polar surface area (TPSA) is 50.2 Å². The molecular formula is C17H29ClN4O. The van der Waals surface area contributed by atoms with Crippen molar-refractivity contribution in [1.29, 1.82) is 0 Å². The van der Waals surface area contributed by atoms with Crippen LogP contribution in [0.2, 0.25) is 0 Å². The summed E-state index contributed by atoms with van der Waals surface area (Å²) in [5.41, 5.74) is 1.65. The van der Waals surface area contributed by atoms with Crippen molar-refractivity contribution in [3.63, 3.8) is 0 Å². The molecule has 0 bridgehead atoms. The third-order valence-corrected chi connectivity index (χ3v) is 5.18. The molecule has 2 aliphatic rings. The predicted molar refractivity (Wildman–Crippen MR) is 94.2 cm³/mol. The number of rotatable bonds is 1. The van der Waals surface area contributed by atoms with Crippen LogP contribution < -0.4 is 5.32 Å². The summed E-state index contributed by atoms with van der Waals surface area (Å²) in [4.78, 5) is 14.9. The highest BCUT2D eigenvalue weighted by molar-refractivity contribution is 5.95. The van der Waals surface area contributed by atoms with E-state index in [1.807, 2.05) is 16.5 Å². The van der Waals surface area contributed by atoms with Gasteiger partial charge in [-0.15, -0.1) is 12.4 Å². The van der Waals surface area contributed by atoms with Gasteiger partial charge < -0.3 is 10.2 Å². The van der Waals surface area contributed by atoms with E-state index in [1.165, 1.54) is 0 Å². The normalized spacial score (nSPS) is 24.8. The fourth-order valence-electron chi connectivity index (χ4n) is 3.89. The smallest absolute Gasteiger partial charge is 0.257 e. The van der Waals surface area contributed by atoms with Gasteiger partial charge in [0.15, 0.2) is 0 Å². The van der Waals surface area contributed by atoms with E-state index < -0.39 is 0 Å². The first-order valence-electron chi connectivity index (χ1n) is 8.43. The fourth-order valence-corrected chi connectivity index (χ4v) is 3.89. The number of halogens is 1. The Bertz CT molecular complexity index is 549. The van der Waals surface area contributed by atoms with E-state index in [4.69, 9.17) is 0 Å². The van der Waals surface area contributed by atoms with Gasteiger partial charge in [-0.3, -0.25) is 9.48 Å². The second kappa shape index (κ2) is 6.81. The van der Waals surface area contributed by atoms with Crippen LogP contribution >= 0.6 is 12.4 Å². The van der Waals surface area contributed by atoms with Gasteiger partial charge in [0.05, 0.1) is 17.3 Å². The van der Waals surface area contributed by atoms with Gasteiger partial charge in [-0.25, -0.2) is 0 Å². The predicted octanol–water partition coefficient (Wildman–Crippen LogP) is 2.44. The number of fused-ring (bicyclic) bond motifs is 1. The zero-order valence-corrected chi connectivity index (χ0v) is 15.4. The molecule has 0 spiro atoms. The minimum absolute atomic E-state index is 0. The van der Waals surface area contributed by atoms with Crippen molar-refractivity contribution in [3.8, 4) is 0 Å². The molecule has 1 N–H and O–H groups in total. The number of nitrogens with one attached hydrogen (secondary N) is 1. The van der Waals surface area contributed by atoms with E-state index in [9.17, 15) is 4.79 Å². The molecule has 3 heterocycles. The molecule has 130 valence electrons. The second-order valence-electron chi connectivity index (χ2n) is 7.77. The molecule has 0 aromatic carbocycles. The van der Waals surface area contributed by atoms with Crippen LogP contribution in [-0.2, 0) is 5.54 Å². The fraction of sp³-hybridized carbons (Fsp3) is 0.765. The lowest BCUT2D eigenvalue weighted by Crippen LogP contribution is -2.33. The molecule has 3 rings (SSSR count). The zero-order chi connectivity index (χ0) is 15.9. The largest absolute Gasteiger partial charge is 0.339 e. The average Bonchev–Trinajstić information content (AvgIpc) is 3.00. The average molecular weight is 341 g/mol. The highest BCUT2D eigenvalue weighted by atomic mass is 35.5. The standard InChI is InChI=1S/C17H28N4O.ClH/c1-12-15(11-19-21(12)17(2,3)4)16(22)20-7-5-13-9-18-10-14(13)6-8-20;/h11,13-14,18H,5-10H2,1-4H3;1H/t13-,14+;. The molecule has 1 aromatic heterocycles. The Morgan fingerprint density at radius 2 is 1.78 bits per heavy atom. The van der Waals surface area contributed by atoms with Crippen molar-refractivity contribution in [3.05, 3.63) is 17.5 Å². The highest BCUT2D eigenvalue weighted by Crippen LogP contribution is 2.28. The van der Waals surface area contributed by atoms with Gasteiger partial charge in [0, 0.05) is 18.8 Å². The molecule has 2 aliphatic heterocycles. The Balaban J connectivity index is 0.00000192. The van der Waals surface area contributed by atoms with Crippen molar-refractivity contribution >= 4 is 18.3 Å². The lowest BCUT2D eigenvalue weighted by Gasteiger charge is -2.23. The van der Waals surface area contributed by atoms with E-state index in [2.05, 4.69) is 31.2 Å². The minimum atomic E-state index is -0.0932. The maximum absolute atomic E-state index is 12.9. The first-order chi connectivity index (χ1) is 10.4. The molecule has 0 unspecified atom stereocenters. The number of likely N-dealkylation sites (tertiary alicyclic amines) is 1. The van der Waals surface area contributed by atoms with Gasteiger partial charge >= 0.3 is 0 Å². The van der Waals surface area contributed by atoms with Gasteiger partial charge in [0.1, 0.15) is 0 Å². The molecule has 0 aliphatic carbocycles. The molecule has 5 nitrogen and oxygen atoms in total. The molecule has 23 heavy (non-hydrogen) atoms. The molecule has 1 aromatic rings. The third kappa shape index (κ3) is 3.56. The number of hydrogen-bond acceptors (Lipinski definition) is 3. The van der Waals surface area contributed by atoms with Crippen LogP contribution in [0, 0.1) is 18.8 Å². The lowest BCUT2D eigenvalue weighted by molar-refractivity contribution is 0.0757.